The van der Waals surface area contributed by atoms with Gasteiger partial charge in [-0.3, -0.25) is 0 Å². The van der Waals surface area contributed by atoms with E-state index in [2.05, 4.69) is 159 Å². The topological polar surface area (TPSA) is 43.6 Å². The van der Waals surface area contributed by atoms with Crippen LogP contribution >= 0.6 is 15.9 Å². The molecule has 5 aromatic carbocycles. The van der Waals surface area contributed by atoms with E-state index >= 15 is 0 Å². The monoisotopic (exact) mass is 556 g/mol. The second-order valence-electron chi connectivity index (χ2n) is 9.09. The molecule has 1 heterocycles. The van der Waals surface area contributed by atoms with Gasteiger partial charge in [-0.25, -0.2) is 0 Å². The third-order valence-corrected chi connectivity index (χ3v) is 7.66. The zero-order valence-electron chi connectivity index (χ0n) is 20.7. The molecule has 0 bridgehead atoms. The van der Waals surface area contributed by atoms with Gasteiger partial charge in [0.1, 0.15) is 6.33 Å². The zero-order chi connectivity index (χ0) is 25.8. The van der Waals surface area contributed by atoms with Crippen molar-refractivity contribution in [1.29, 1.82) is 0 Å². The highest BCUT2D eigenvalue weighted by atomic mass is 79.9. The molecular formula is C33H25BrN4. The predicted octanol–water partition coefficient (Wildman–Crippen LogP) is 7.61. The Morgan fingerprint density at radius 1 is 0.605 bits per heavy atom. The molecule has 6 rings (SSSR count). The molecule has 0 aliphatic rings. The van der Waals surface area contributed by atoms with Gasteiger partial charge in [-0.15, -0.1) is 5.10 Å². The minimum atomic E-state index is -0.579. The summed E-state index contributed by atoms with van der Waals surface area (Å²) in [6.07, 6.45) is 1.67. The number of rotatable bonds is 7. The molecule has 6 aromatic rings. The molecule has 0 fully saturated rings. The Morgan fingerprint density at radius 2 is 1.11 bits per heavy atom. The fourth-order valence-corrected chi connectivity index (χ4v) is 6.10. The molecule has 0 unspecified atom stereocenters. The molecular weight excluding hydrogens is 532 g/mol. The van der Waals surface area contributed by atoms with E-state index in [4.69, 9.17) is 0 Å². The molecule has 5 heteroatoms. The minimum Gasteiger partial charge on any atom is -0.200 e. The van der Waals surface area contributed by atoms with Crippen LogP contribution in [0.25, 0.3) is 16.8 Å². The smallest absolute Gasteiger partial charge is 0.143 e. The molecule has 0 amide bonds. The third kappa shape index (κ3) is 4.05. The Balaban J connectivity index is 1.78. The first kappa shape index (κ1) is 24.0. The minimum absolute atomic E-state index is 0.579. The Labute approximate surface area is 230 Å². The van der Waals surface area contributed by atoms with Crippen molar-refractivity contribution < 1.29 is 0 Å². The molecule has 184 valence electrons. The van der Waals surface area contributed by atoms with Gasteiger partial charge in [0.05, 0.1) is 11.1 Å². The number of hydrogen-bond acceptors (Lipinski definition) is 3. The van der Waals surface area contributed by atoms with Crippen LogP contribution in [0.3, 0.4) is 0 Å². The fourth-order valence-electron chi connectivity index (χ4n) is 5.53. The lowest BCUT2D eigenvalue weighted by atomic mass is 9.63. The maximum Gasteiger partial charge on any atom is 0.143 e. The average molecular weight is 557 g/mol. The molecule has 0 saturated heterocycles. The maximum absolute atomic E-state index is 4.36. The van der Waals surface area contributed by atoms with Gasteiger partial charge in [0, 0.05) is 10.9 Å². The summed E-state index contributed by atoms with van der Waals surface area (Å²) in [5.74, 6) is 0. The SMILES string of the molecule is BrCc1c(C(c2ccccc2)(c2ccccc2)c2ccccc2)ccc(-c2ccccc2)c1-n1cnnn1. The van der Waals surface area contributed by atoms with Crippen molar-refractivity contribution in [3.8, 4) is 16.8 Å². The number of aromatic nitrogens is 4. The molecule has 0 atom stereocenters. The van der Waals surface area contributed by atoms with Gasteiger partial charge in [0.2, 0.25) is 0 Å². The fraction of sp³-hybridized carbons (Fsp3) is 0.0606. The second-order valence-corrected chi connectivity index (χ2v) is 9.65. The Bertz CT molecular complexity index is 1520. The summed E-state index contributed by atoms with van der Waals surface area (Å²) < 4.78 is 1.79. The number of alkyl halides is 1. The maximum atomic E-state index is 4.36. The van der Waals surface area contributed by atoms with Crippen LogP contribution in [0.2, 0.25) is 0 Å². The largest absolute Gasteiger partial charge is 0.200 e. The standard InChI is InChI=1S/C33H25BrN4/c34-23-30-31(22-21-29(25-13-5-1-6-14-25)32(30)38-24-35-36-37-38)33(26-15-7-2-8-16-26,27-17-9-3-10-18-27)28-19-11-4-12-20-28/h1-22,24H,23H2. The summed E-state index contributed by atoms with van der Waals surface area (Å²) in [5, 5.41) is 13.0. The number of benzene rings is 5. The van der Waals surface area contributed by atoms with E-state index in [0.29, 0.717) is 5.33 Å². The first-order valence-electron chi connectivity index (χ1n) is 12.5. The van der Waals surface area contributed by atoms with E-state index in [1.54, 1.807) is 11.0 Å². The Hall–Kier alpha value is -4.35. The van der Waals surface area contributed by atoms with Crippen molar-refractivity contribution in [2.24, 2.45) is 0 Å². The normalized spacial score (nSPS) is 11.4. The predicted molar refractivity (Wildman–Crippen MR) is 156 cm³/mol. The van der Waals surface area contributed by atoms with Crippen LogP contribution in [-0.4, -0.2) is 20.2 Å². The van der Waals surface area contributed by atoms with Gasteiger partial charge in [0.25, 0.3) is 0 Å². The van der Waals surface area contributed by atoms with Crippen LogP contribution in [0.5, 0.6) is 0 Å². The lowest BCUT2D eigenvalue weighted by Gasteiger charge is -2.39. The van der Waals surface area contributed by atoms with Gasteiger partial charge in [-0.1, -0.05) is 149 Å². The van der Waals surface area contributed by atoms with E-state index in [1.807, 2.05) is 6.07 Å². The lowest BCUT2D eigenvalue weighted by molar-refractivity contribution is 0.728. The van der Waals surface area contributed by atoms with Gasteiger partial charge in [0.15, 0.2) is 0 Å². The Kier molecular flexibility index (Phi) is 6.67. The summed E-state index contributed by atoms with van der Waals surface area (Å²) in [6, 6.07) is 47.1. The van der Waals surface area contributed by atoms with Crippen molar-refractivity contribution in [2.45, 2.75) is 10.7 Å². The van der Waals surface area contributed by atoms with Crippen molar-refractivity contribution in [2.75, 3.05) is 0 Å². The lowest BCUT2D eigenvalue weighted by Crippen LogP contribution is -2.32. The summed E-state index contributed by atoms with van der Waals surface area (Å²) >= 11 is 3.88. The van der Waals surface area contributed by atoms with E-state index < -0.39 is 5.41 Å². The van der Waals surface area contributed by atoms with Gasteiger partial charge >= 0.3 is 0 Å². The van der Waals surface area contributed by atoms with Crippen molar-refractivity contribution >= 4 is 15.9 Å². The molecule has 0 aliphatic heterocycles. The van der Waals surface area contributed by atoms with Crippen LogP contribution in [-0.2, 0) is 10.7 Å². The molecule has 0 saturated carbocycles. The van der Waals surface area contributed by atoms with E-state index in [-0.39, 0.29) is 0 Å². The number of nitrogens with zero attached hydrogens (tertiary/aromatic N) is 4. The zero-order valence-corrected chi connectivity index (χ0v) is 22.2. The molecule has 0 spiro atoms. The van der Waals surface area contributed by atoms with E-state index in [9.17, 15) is 0 Å². The van der Waals surface area contributed by atoms with E-state index in [1.165, 1.54) is 22.3 Å². The molecule has 38 heavy (non-hydrogen) atoms. The summed E-state index contributed by atoms with van der Waals surface area (Å²) in [7, 11) is 0. The van der Waals surface area contributed by atoms with Crippen molar-refractivity contribution in [3.63, 3.8) is 0 Å². The quantitative estimate of drug-likeness (QED) is 0.150. The molecule has 0 N–H and O–H groups in total. The number of tetrazole rings is 1. The third-order valence-electron chi connectivity index (χ3n) is 7.10. The van der Waals surface area contributed by atoms with Crippen LogP contribution in [0.1, 0.15) is 27.8 Å². The highest BCUT2D eigenvalue weighted by Crippen LogP contribution is 2.48. The highest BCUT2D eigenvalue weighted by Gasteiger charge is 2.40. The molecule has 0 aliphatic carbocycles. The number of hydrogen-bond donors (Lipinski definition) is 0. The average Bonchev–Trinajstić information content (AvgIpc) is 3.54. The van der Waals surface area contributed by atoms with Gasteiger partial charge < -0.3 is 0 Å². The highest BCUT2D eigenvalue weighted by molar-refractivity contribution is 9.08. The van der Waals surface area contributed by atoms with Crippen LogP contribution in [0.15, 0.2) is 140 Å². The molecule has 1 aromatic heterocycles. The summed E-state index contributed by atoms with van der Waals surface area (Å²) in [6.45, 7) is 0. The summed E-state index contributed by atoms with van der Waals surface area (Å²) in [5.41, 5.74) is 8.42. The molecule has 4 nitrogen and oxygen atoms in total. The first-order valence-corrected chi connectivity index (χ1v) is 13.6. The summed E-state index contributed by atoms with van der Waals surface area (Å²) in [4.78, 5) is 0. The van der Waals surface area contributed by atoms with Gasteiger partial charge in [-0.05, 0) is 43.8 Å². The second kappa shape index (κ2) is 10.6. The van der Waals surface area contributed by atoms with Crippen molar-refractivity contribution in [3.05, 3.63) is 168 Å². The Morgan fingerprint density at radius 3 is 1.55 bits per heavy atom. The van der Waals surface area contributed by atoms with Crippen LogP contribution in [0, 0.1) is 0 Å². The molecule has 0 radical (unpaired) electrons. The van der Waals surface area contributed by atoms with Gasteiger partial charge in [-0.2, -0.15) is 4.68 Å². The number of halogens is 1. The van der Waals surface area contributed by atoms with E-state index in [0.717, 1.165) is 22.4 Å². The first-order chi connectivity index (χ1) is 18.8. The van der Waals surface area contributed by atoms with Crippen molar-refractivity contribution in [1.82, 2.24) is 20.2 Å². The van der Waals surface area contributed by atoms with Crippen LogP contribution in [0.4, 0.5) is 0 Å². The van der Waals surface area contributed by atoms with Crippen LogP contribution < -0.4 is 0 Å².